The number of carbonyl (C=O) groups is 1. The molecule has 9 heteroatoms. The smallest absolute Gasteiger partial charge is 0.294 e. The van der Waals surface area contributed by atoms with E-state index in [0.717, 1.165) is 11.6 Å². The van der Waals surface area contributed by atoms with E-state index in [1.807, 2.05) is 11.5 Å². The van der Waals surface area contributed by atoms with Gasteiger partial charge in [-0.1, -0.05) is 0 Å². The molecule has 0 N–H and O–H groups in total. The van der Waals surface area contributed by atoms with E-state index in [1.165, 1.54) is 16.8 Å². The summed E-state index contributed by atoms with van der Waals surface area (Å²) in [5.41, 5.74) is 0.652. The predicted molar refractivity (Wildman–Crippen MR) is 85.6 cm³/mol. The average molecular weight is 341 g/mol. The molecule has 3 aromatic rings. The molecule has 8 nitrogen and oxygen atoms in total. The Morgan fingerprint density at radius 2 is 1.84 bits per heavy atom. The van der Waals surface area contributed by atoms with E-state index in [1.54, 1.807) is 24.0 Å². The summed E-state index contributed by atoms with van der Waals surface area (Å²) in [5, 5.41) is 12.4. The van der Waals surface area contributed by atoms with Crippen LogP contribution in [0.5, 0.6) is 0 Å². The molecule has 1 aromatic carbocycles. The van der Waals surface area contributed by atoms with Crippen LogP contribution in [0.2, 0.25) is 0 Å². The molecule has 1 aliphatic heterocycles. The molecule has 25 heavy (non-hydrogen) atoms. The average Bonchev–Trinajstić information content (AvgIpc) is 3.18. The summed E-state index contributed by atoms with van der Waals surface area (Å²) in [4.78, 5) is 18.7. The van der Waals surface area contributed by atoms with E-state index in [-0.39, 0.29) is 17.5 Å². The van der Waals surface area contributed by atoms with E-state index >= 15 is 0 Å². The Bertz CT molecular complexity index is 944. The number of halogens is 1. The number of hydrogen-bond acceptors (Lipinski definition) is 5. The van der Waals surface area contributed by atoms with Crippen LogP contribution < -0.4 is 0 Å². The third-order valence-corrected chi connectivity index (χ3v) is 4.26. The molecule has 0 atom stereocenters. The monoisotopic (exact) mass is 341 g/mol. The van der Waals surface area contributed by atoms with Gasteiger partial charge < -0.3 is 9.47 Å². The second-order valence-electron chi connectivity index (χ2n) is 5.91. The van der Waals surface area contributed by atoms with Crippen molar-refractivity contribution in [2.24, 2.45) is 0 Å². The molecule has 3 heterocycles. The maximum atomic E-state index is 13.1. The Balaban J connectivity index is 1.59. The zero-order valence-corrected chi connectivity index (χ0v) is 13.8. The van der Waals surface area contributed by atoms with Gasteiger partial charge in [-0.05, 0) is 38.1 Å². The number of carbonyl (C=O) groups excluding carboxylic acids is 1. The zero-order valence-electron chi connectivity index (χ0n) is 13.8. The summed E-state index contributed by atoms with van der Waals surface area (Å²) >= 11 is 0. The highest BCUT2D eigenvalue weighted by Crippen LogP contribution is 2.15. The molecule has 128 valence electrons. The summed E-state index contributed by atoms with van der Waals surface area (Å²) < 4.78 is 16.6. The highest BCUT2D eigenvalue weighted by atomic mass is 19.1. The zero-order chi connectivity index (χ0) is 17.6. The molecule has 0 aliphatic carbocycles. The van der Waals surface area contributed by atoms with Crippen molar-refractivity contribution in [2.75, 3.05) is 6.54 Å². The molecule has 0 bridgehead atoms. The Kier molecular flexibility index (Phi) is 3.56. The van der Waals surface area contributed by atoms with Crippen LogP contribution in [0.3, 0.4) is 0 Å². The quantitative estimate of drug-likeness (QED) is 0.701. The van der Waals surface area contributed by atoms with Crippen LogP contribution in [0.4, 0.5) is 4.39 Å². The van der Waals surface area contributed by atoms with Gasteiger partial charge >= 0.3 is 0 Å². The molecule has 1 amide bonds. The summed E-state index contributed by atoms with van der Waals surface area (Å²) in [6.45, 7) is 5.23. The molecule has 0 saturated carbocycles. The summed E-state index contributed by atoms with van der Waals surface area (Å²) in [7, 11) is 0. The first-order valence-electron chi connectivity index (χ1n) is 7.90. The fourth-order valence-corrected chi connectivity index (χ4v) is 2.93. The minimum absolute atomic E-state index is 0.117. The van der Waals surface area contributed by atoms with Gasteiger partial charge in [0.1, 0.15) is 17.5 Å². The van der Waals surface area contributed by atoms with Crippen LogP contribution in [0.15, 0.2) is 24.3 Å². The minimum Gasteiger partial charge on any atom is -0.327 e. The first kappa shape index (κ1) is 15.4. The summed E-state index contributed by atoms with van der Waals surface area (Å²) in [6, 6.07) is 5.88. The molecule has 0 unspecified atom stereocenters. The van der Waals surface area contributed by atoms with Gasteiger partial charge in [0, 0.05) is 13.1 Å². The van der Waals surface area contributed by atoms with Crippen LogP contribution in [-0.4, -0.2) is 46.9 Å². The van der Waals surface area contributed by atoms with Gasteiger partial charge in [-0.3, -0.25) is 4.79 Å². The van der Waals surface area contributed by atoms with Gasteiger partial charge in [0.25, 0.3) is 5.91 Å². The number of amides is 1. The van der Waals surface area contributed by atoms with Crippen LogP contribution in [0.1, 0.15) is 28.1 Å². The standard InChI is InChI=1S/C16H16FN7O/c1-10-18-15(21-24(10)13-5-3-12(17)4-6-13)16(25)22-7-8-23-11(2)19-20-14(23)9-22/h3-6H,7-9H2,1-2H3. The summed E-state index contributed by atoms with van der Waals surface area (Å²) in [6.07, 6.45) is 0. The van der Waals surface area contributed by atoms with Crippen LogP contribution in [-0.2, 0) is 13.1 Å². The highest BCUT2D eigenvalue weighted by Gasteiger charge is 2.27. The molecule has 0 fully saturated rings. The molecule has 0 spiro atoms. The molecule has 1 aliphatic rings. The Morgan fingerprint density at radius 3 is 2.60 bits per heavy atom. The Morgan fingerprint density at radius 1 is 1.08 bits per heavy atom. The van der Waals surface area contributed by atoms with Crippen molar-refractivity contribution in [3.63, 3.8) is 0 Å². The number of aromatic nitrogens is 6. The van der Waals surface area contributed by atoms with Gasteiger partial charge in [0.15, 0.2) is 5.82 Å². The lowest BCUT2D eigenvalue weighted by Gasteiger charge is -2.26. The molecule has 4 rings (SSSR count). The molecular formula is C16H16FN7O. The van der Waals surface area contributed by atoms with E-state index in [0.29, 0.717) is 31.1 Å². The normalized spacial score (nSPS) is 13.8. The SMILES string of the molecule is Cc1nc(C(=O)N2CCn3c(C)nnc3C2)nn1-c1ccc(F)cc1. The van der Waals surface area contributed by atoms with Crippen molar-refractivity contribution < 1.29 is 9.18 Å². The van der Waals surface area contributed by atoms with Gasteiger partial charge in [-0.25, -0.2) is 14.1 Å². The largest absolute Gasteiger partial charge is 0.327 e. The van der Waals surface area contributed by atoms with E-state index in [2.05, 4.69) is 20.3 Å². The maximum Gasteiger partial charge on any atom is 0.294 e. The van der Waals surface area contributed by atoms with Crippen LogP contribution in [0.25, 0.3) is 5.69 Å². The van der Waals surface area contributed by atoms with E-state index in [4.69, 9.17) is 0 Å². The van der Waals surface area contributed by atoms with Crippen LogP contribution in [0, 0.1) is 19.7 Å². The summed E-state index contributed by atoms with van der Waals surface area (Å²) in [5.74, 6) is 1.70. The first-order valence-corrected chi connectivity index (χ1v) is 7.90. The second kappa shape index (κ2) is 5.76. The van der Waals surface area contributed by atoms with Crippen molar-refractivity contribution in [1.82, 2.24) is 34.4 Å². The lowest BCUT2D eigenvalue weighted by atomic mass is 10.3. The highest BCUT2D eigenvalue weighted by molar-refractivity contribution is 5.90. The van der Waals surface area contributed by atoms with Crippen molar-refractivity contribution >= 4 is 5.91 Å². The third-order valence-electron chi connectivity index (χ3n) is 4.26. The van der Waals surface area contributed by atoms with Gasteiger partial charge in [-0.2, -0.15) is 0 Å². The number of rotatable bonds is 2. The fourth-order valence-electron chi connectivity index (χ4n) is 2.93. The first-order chi connectivity index (χ1) is 12.0. The Hall–Kier alpha value is -3.10. The molecule has 2 aromatic heterocycles. The van der Waals surface area contributed by atoms with Gasteiger partial charge in [0.2, 0.25) is 5.82 Å². The van der Waals surface area contributed by atoms with E-state index < -0.39 is 0 Å². The minimum atomic E-state index is -0.328. The maximum absolute atomic E-state index is 13.1. The predicted octanol–water partition coefficient (Wildman–Crippen LogP) is 1.27. The fraction of sp³-hybridized carbons (Fsp3) is 0.312. The van der Waals surface area contributed by atoms with E-state index in [9.17, 15) is 9.18 Å². The topological polar surface area (TPSA) is 81.7 Å². The van der Waals surface area contributed by atoms with Gasteiger partial charge in [0.05, 0.1) is 12.2 Å². The van der Waals surface area contributed by atoms with Crippen molar-refractivity contribution in [3.05, 3.63) is 53.4 Å². The third kappa shape index (κ3) is 2.67. The number of hydrogen-bond donors (Lipinski definition) is 0. The van der Waals surface area contributed by atoms with Gasteiger partial charge in [-0.15, -0.1) is 15.3 Å². The van der Waals surface area contributed by atoms with Crippen molar-refractivity contribution in [1.29, 1.82) is 0 Å². The molecule has 0 saturated heterocycles. The number of aryl methyl sites for hydroxylation is 2. The van der Waals surface area contributed by atoms with Crippen molar-refractivity contribution in [3.8, 4) is 5.69 Å². The second-order valence-corrected chi connectivity index (χ2v) is 5.91. The number of benzene rings is 1. The number of nitrogens with zero attached hydrogens (tertiary/aromatic N) is 7. The van der Waals surface area contributed by atoms with Crippen LogP contribution >= 0.6 is 0 Å². The van der Waals surface area contributed by atoms with Crippen molar-refractivity contribution in [2.45, 2.75) is 26.9 Å². The number of fused-ring (bicyclic) bond motifs is 1. The molecular weight excluding hydrogens is 325 g/mol. The molecule has 0 radical (unpaired) electrons. The Labute approximate surface area is 142 Å². The lowest BCUT2D eigenvalue weighted by molar-refractivity contribution is 0.0694. The lowest BCUT2D eigenvalue weighted by Crippen LogP contribution is -2.39.